The normalized spacial score (nSPS) is 12.5. The molecule has 0 saturated carbocycles. The molecule has 26 heavy (non-hydrogen) atoms. The van der Waals surface area contributed by atoms with Crippen molar-refractivity contribution < 1.29 is 5.11 Å². The fourth-order valence-corrected chi connectivity index (χ4v) is 4.73. The number of rotatable bonds is 6. The molecule has 1 atom stereocenters. The lowest BCUT2D eigenvalue weighted by atomic mass is 9.85. The van der Waals surface area contributed by atoms with Gasteiger partial charge in [0.05, 0.1) is 0 Å². The molecule has 0 saturated heterocycles. The first-order chi connectivity index (χ1) is 12.2. The molecule has 0 aliphatic rings. The van der Waals surface area contributed by atoms with E-state index >= 15 is 0 Å². The van der Waals surface area contributed by atoms with Gasteiger partial charge in [-0.25, -0.2) is 0 Å². The first-order valence-electron chi connectivity index (χ1n) is 9.59. The number of aryl methyl sites for hydroxylation is 2. The number of benzene rings is 2. The molecule has 0 fully saturated rings. The second-order valence-electron chi connectivity index (χ2n) is 8.15. The van der Waals surface area contributed by atoms with Crippen molar-refractivity contribution in [2.45, 2.75) is 60.4 Å². The van der Waals surface area contributed by atoms with E-state index in [1.807, 2.05) is 0 Å². The number of phenolic OH excluding ortho intramolecular Hbond substituents is 1. The first kappa shape index (κ1) is 20.9. The van der Waals surface area contributed by atoms with Crippen molar-refractivity contribution in [3.8, 4) is 5.75 Å². The first-order valence-corrected chi connectivity index (χ1v) is 10.6. The summed E-state index contributed by atoms with van der Waals surface area (Å²) in [6, 6.07) is 10.9. The zero-order chi connectivity index (χ0) is 19.5. The third-order valence-electron chi connectivity index (χ3n) is 4.97. The fourth-order valence-electron chi connectivity index (χ4n) is 3.31. The quantitative estimate of drug-likeness (QED) is 0.739. The minimum Gasteiger partial charge on any atom is -0.507 e. The molecule has 142 valence electrons. The Morgan fingerprint density at radius 2 is 1.69 bits per heavy atom. The lowest BCUT2D eigenvalue weighted by molar-refractivity contribution is 0.296. The lowest BCUT2D eigenvalue weighted by Crippen LogP contribution is -2.26. The van der Waals surface area contributed by atoms with E-state index in [4.69, 9.17) is 0 Å². The van der Waals surface area contributed by atoms with E-state index in [1.54, 1.807) is 0 Å². The van der Waals surface area contributed by atoms with Crippen LogP contribution in [0.1, 0.15) is 56.9 Å². The Morgan fingerprint density at radius 1 is 1.04 bits per heavy atom. The third-order valence-corrected chi connectivity index (χ3v) is 6.59. The van der Waals surface area contributed by atoms with Crippen LogP contribution in [0.2, 0.25) is 0 Å². The highest BCUT2D eigenvalue weighted by Crippen LogP contribution is 2.33. The molecule has 0 bridgehead atoms. The molecule has 3 heteroatoms. The van der Waals surface area contributed by atoms with Crippen LogP contribution in [0.15, 0.2) is 30.3 Å². The average molecular weight is 372 g/mol. The summed E-state index contributed by atoms with van der Waals surface area (Å²) in [5.41, 5.74) is 4.88. The van der Waals surface area contributed by atoms with Crippen LogP contribution in [0, 0.1) is 13.8 Å². The zero-order valence-corrected chi connectivity index (χ0v) is 18.4. The van der Waals surface area contributed by atoms with Gasteiger partial charge in [-0.1, -0.05) is 67.5 Å². The Balaban J connectivity index is 2.48. The van der Waals surface area contributed by atoms with Crippen LogP contribution in [0.3, 0.4) is 0 Å². The SMILES string of the molecule is CCN(CC)Cc1cccc(C)c1Pc1cc(C)cc(C(C)(C)C)c1O. The summed E-state index contributed by atoms with van der Waals surface area (Å²) in [7, 11) is 0.471. The molecule has 0 aliphatic heterocycles. The average Bonchev–Trinajstić information content (AvgIpc) is 2.57. The van der Waals surface area contributed by atoms with E-state index in [2.05, 4.69) is 83.7 Å². The zero-order valence-electron chi connectivity index (χ0n) is 17.4. The minimum atomic E-state index is -0.0644. The van der Waals surface area contributed by atoms with Crippen LogP contribution in [0.5, 0.6) is 5.75 Å². The Hall–Kier alpha value is -1.37. The van der Waals surface area contributed by atoms with E-state index in [0.717, 1.165) is 30.5 Å². The van der Waals surface area contributed by atoms with E-state index in [-0.39, 0.29) is 5.41 Å². The Bertz CT molecular complexity index is 758. The van der Waals surface area contributed by atoms with Crippen LogP contribution in [0.4, 0.5) is 0 Å². The standard InChI is InChI=1S/C23H34NOP/c1-8-24(9-2)15-18-12-10-11-17(4)22(18)26-20-14-16(3)13-19(21(20)25)23(5,6)7/h10-14,25-26H,8-9,15H2,1-7H3. The van der Waals surface area contributed by atoms with Crippen LogP contribution in [0.25, 0.3) is 0 Å². The lowest BCUT2D eigenvalue weighted by Gasteiger charge is -2.24. The highest BCUT2D eigenvalue weighted by atomic mass is 31.1. The Labute approximate surface area is 161 Å². The second kappa shape index (κ2) is 8.55. The molecule has 0 aliphatic carbocycles. The van der Waals surface area contributed by atoms with Crippen molar-refractivity contribution >= 4 is 19.2 Å². The van der Waals surface area contributed by atoms with Gasteiger partial charge in [-0.05, 0) is 60.4 Å². The largest absolute Gasteiger partial charge is 0.507 e. The van der Waals surface area contributed by atoms with Gasteiger partial charge in [0.15, 0.2) is 0 Å². The van der Waals surface area contributed by atoms with Gasteiger partial charge in [-0.2, -0.15) is 0 Å². The van der Waals surface area contributed by atoms with Crippen molar-refractivity contribution in [3.63, 3.8) is 0 Å². The smallest absolute Gasteiger partial charge is 0.127 e. The minimum absolute atomic E-state index is 0.0644. The van der Waals surface area contributed by atoms with Gasteiger partial charge < -0.3 is 5.11 Å². The number of phenols is 1. The summed E-state index contributed by atoms with van der Waals surface area (Å²) >= 11 is 0. The number of aromatic hydroxyl groups is 1. The number of hydrogen-bond donors (Lipinski definition) is 1. The topological polar surface area (TPSA) is 23.5 Å². The van der Waals surface area contributed by atoms with Crippen molar-refractivity contribution in [3.05, 3.63) is 52.6 Å². The highest BCUT2D eigenvalue weighted by Gasteiger charge is 2.21. The number of nitrogens with zero attached hydrogens (tertiary/aromatic N) is 1. The molecule has 0 heterocycles. The van der Waals surface area contributed by atoms with Crippen LogP contribution < -0.4 is 10.6 Å². The van der Waals surface area contributed by atoms with Crippen molar-refractivity contribution in [2.75, 3.05) is 13.1 Å². The van der Waals surface area contributed by atoms with Gasteiger partial charge in [0.1, 0.15) is 5.75 Å². The maximum atomic E-state index is 11.0. The molecule has 2 aromatic rings. The maximum Gasteiger partial charge on any atom is 0.127 e. The summed E-state index contributed by atoms with van der Waals surface area (Å²) in [4.78, 5) is 2.44. The van der Waals surface area contributed by atoms with Gasteiger partial charge in [0.2, 0.25) is 0 Å². The number of hydrogen-bond acceptors (Lipinski definition) is 2. The monoisotopic (exact) mass is 371 g/mol. The van der Waals surface area contributed by atoms with Crippen molar-refractivity contribution in [2.24, 2.45) is 0 Å². The van der Waals surface area contributed by atoms with Crippen LogP contribution >= 0.6 is 8.58 Å². The predicted octanol–water partition coefficient (Wildman–Crippen LogP) is 4.78. The summed E-state index contributed by atoms with van der Waals surface area (Å²) in [6.45, 7) is 18.3. The maximum absolute atomic E-state index is 11.0. The molecule has 0 radical (unpaired) electrons. The second-order valence-corrected chi connectivity index (χ2v) is 9.44. The molecule has 0 spiro atoms. The van der Waals surface area contributed by atoms with E-state index in [0.29, 0.717) is 14.3 Å². The highest BCUT2D eigenvalue weighted by molar-refractivity contribution is 7.56. The molecule has 2 rings (SSSR count). The van der Waals surface area contributed by atoms with Gasteiger partial charge in [0.25, 0.3) is 0 Å². The van der Waals surface area contributed by atoms with E-state index < -0.39 is 0 Å². The van der Waals surface area contributed by atoms with Crippen LogP contribution in [-0.4, -0.2) is 23.1 Å². The molecule has 2 nitrogen and oxygen atoms in total. The van der Waals surface area contributed by atoms with Gasteiger partial charge in [0, 0.05) is 17.4 Å². The van der Waals surface area contributed by atoms with Crippen molar-refractivity contribution in [1.29, 1.82) is 0 Å². The van der Waals surface area contributed by atoms with E-state index in [9.17, 15) is 5.11 Å². The van der Waals surface area contributed by atoms with Gasteiger partial charge in [-0.15, -0.1) is 0 Å². The molecular formula is C23H34NOP. The molecular weight excluding hydrogens is 337 g/mol. The van der Waals surface area contributed by atoms with Gasteiger partial charge >= 0.3 is 0 Å². The Kier molecular flexibility index (Phi) is 6.88. The molecule has 1 unspecified atom stereocenters. The summed E-state index contributed by atoms with van der Waals surface area (Å²) in [5.74, 6) is 0.471. The Morgan fingerprint density at radius 3 is 2.27 bits per heavy atom. The summed E-state index contributed by atoms with van der Waals surface area (Å²) in [6.07, 6.45) is 0. The fraction of sp³-hybridized carbons (Fsp3) is 0.478. The molecule has 1 N–H and O–H groups in total. The van der Waals surface area contributed by atoms with Gasteiger partial charge in [-0.3, -0.25) is 4.90 Å². The molecule has 2 aromatic carbocycles. The van der Waals surface area contributed by atoms with Crippen molar-refractivity contribution in [1.82, 2.24) is 4.90 Å². The molecule has 0 aromatic heterocycles. The third kappa shape index (κ3) is 4.87. The summed E-state index contributed by atoms with van der Waals surface area (Å²) < 4.78 is 0. The summed E-state index contributed by atoms with van der Waals surface area (Å²) in [5, 5.41) is 13.4. The van der Waals surface area contributed by atoms with E-state index in [1.165, 1.54) is 22.0 Å². The molecule has 0 amide bonds. The van der Waals surface area contributed by atoms with Crippen LogP contribution in [-0.2, 0) is 12.0 Å². The predicted molar refractivity (Wildman–Crippen MR) is 117 cm³/mol.